The lowest BCUT2D eigenvalue weighted by atomic mass is 10.2. The van der Waals surface area contributed by atoms with Crippen molar-refractivity contribution in [3.63, 3.8) is 0 Å². The van der Waals surface area contributed by atoms with Gasteiger partial charge in [-0.25, -0.2) is 12.7 Å². The second-order valence-electron chi connectivity index (χ2n) is 4.95. The number of rotatable bonds is 6. The third-order valence-corrected chi connectivity index (χ3v) is 4.07. The van der Waals surface area contributed by atoms with Crippen LogP contribution in [0.25, 0.3) is 0 Å². The second-order valence-corrected chi connectivity index (χ2v) is 6.81. The second kappa shape index (κ2) is 6.33. The molecule has 0 aromatic heterocycles. The quantitative estimate of drug-likeness (QED) is 0.635. The molecule has 0 saturated carbocycles. The topological polar surface area (TPSA) is 86.8 Å². The van der Waals surface area contributed by atoms with Crippen LogP contribution in [0.15, 0.2) is 0 Å². The zero-order chi connectivity index (χ0) is 14.6. The number of hydrogen-bond donors (Lipinski definition) is 1. The molecule has 1 saturated heterocycles. The highest BCUT2D eigenvalue weighted by atomic mass is 32.2. The van der Waals surface area contributed by atoms with Crippen LogP contribution in [0.2, 0.25) is 0 Å². The predicted molar refractivity (Wildman–Crippen MR) is 70.9 cm³/mol. The normalized spacial score (nSPS) is 20.1. The number of sulfonamides is 1. The van der Waals surface area contributed by atoms with Gasteiger partial charge >= 0.3 is 0 Å². The van der Waals surface area contributed by atoms with Gasteiger partial charge in [0, 0.05) is 13.0 Å². The van der Waals surface area contributed by atoms with Crippen LogP contribution in [0.3, 0.4) is 0 Å². The molecule has 1 atom stereocenters. The summed E-state index contributed by atoms with van der Waals surface area (Å²) in [6.45, 7) is 1.30. The van der Waals surface area contributed by atoms with E-state index in [1.165, 1.54) is 0 Å². The summed E-state index contributed by atoms with van der Waals surface area (Å²) in [7, 11) is 0.192. The standard InChI is InChI=1S/C11H21N3O4S/c1-13(2)8-4-7-12-11(16)9-5-6-10(15)14(9)19(3,17)18/h9H,4-8H2,1-3H3,(H,12,16). The van der Waals surface area contributed by atoms with E-state index in [-0.39, 0.29) is 12.8 Å². The summed E-state index contributed by atoms with van der Waals surface area (Å²) in [6.07, 6.45) is 2.08. The minimum Gasteiger partial charge on any atom is -0.354 e. The number of nitrogens with zero attached hydrogens (tertiary/aromatic N) is 2. The molecule has 7 nitrogen and oxygen atoms in total. The van der Waals surface area contributed by atoms with Crippen LogP contribution < -0.4 is 5.32 Å². The van der Waals surface area contributed by atoms with Crippen LogP contribution >= 0.6 is 0 Å². The molecule has 0 aliphatic carbocycles. The van der Waals surface area contributed by atoms with E-state index in [0.717, 1.165) is 19.2 Å². The van der Waals surface area contributed by atoms with Gasteiger partial charge in [-0.3, -0.25) is 9.59 Å². The van der Waals surface area contributed by atoms with E-state index in [9.17, 15) is 18.0 Å². The molecule has 1 fully saturated rings. The third-order valence-electron chi connectivity index (χ3n) is 2.90. The Bertz CT molecular complexity index is 447. The maximum absolute atomic E-state index is 11.9. The molecule has 1 unspecified atom stereocenters. The Hall–Kier alpha value is -1.15. The SMILES string of the molecule is CN(C)CCCNC(=O)C1CCC(=O)N1S(C)(=O)=O. The Labute approximate surface area is 114 Å². The first-order valence-corrected chi connectivity index (χ1v) is 8.03. The van der Waals surface area contributed by atoms with Crippen LogP contribution in [-0.4, -0.2) is 68.9 Å². The smallest absolute Gasteiger partial charge is 0.244 e. The molecule has 110 valence electrons. The van der Waals surface area contributed by atoms with Gasteiger partial charge in [0.2, 0.25) is 21.8 Å². The molecule has 1 N–H and O–H groups in total. The number of carbonyl (C=O) groups excluding carboxylic acids is 2. The summed E-state index contributed by atoms with van der Waals surface area (Å²) < 4.78 is 23.7. The van der Waals surface area contributed by atoms with E-state index in [4.69, 9.17) is 0 Å². The van der Waals surface area contributed by atoms with Crippen molar-refractivity contribution in [3.05, 3.63) is 0 Å². The zero-order valence-electron chi connectivity index (χ0n) is 11.5. The molecule has 19 heavy (non-hydrogen) atoms. The van der Waals surface area contributed by atoms with Gasteiger partial charge in [-0.05, 0) is 33.5 Å². The predicted octanol–water partition coefficient (Wildman–Crippen LogP) is -0.995. The van der Waals surface area contributed by atoms with Gasteiger partial charge in [0.1, 0.15) is 6.04 Å². The Balaban J connectivity index is 2.54. The summed E-state index contributed by atoms with van der Waals surface area (Å²) in [5.74, 6) is -0.897. The van der Waals surface area contributed by atoms with Crippen LogP contribution in [0.1, 0.15) is 19.3 Å². The molecule has 0 spiro atoms. The van der Waals surface area contributed by atoms with Gasteiger partial charge in [0.15, 0.2) is 0 Å². The summed E-state index contributed by atoms with van der Waals surface area (Å²) >= 11 is 0. The number of hydrogen-bond acceptors (Lipinski definition) is 5. The average Bonchev–Trinajstić information content (AvgIpc) is 2.65. The lowest BCUT2D eigenvalue weighted by Crippen LogP contribution is -2.47. The zero-order valence-corrected chi connectivity index (χ0v) is 12.4. The highest BCUT2D eigenvalue weighted by Gasteiger charge is 2.41. The van der Waals surface area contributed by atoms with E-state index >= 15 is 0 Å². The lowest BCUT2D eigenvalue weighted by molar-refractivity contribution is -0.130. The lowest BCUT2D eigenvalue weighted by Gasteiger charge is -2.21. The van der Waals surface area contributed by atoms with Gasteiger partial charge in [0.25, 0.3) is 0 Å². The van der Waals surface area contributed by atoms with E-state index in [2.05, 4.69) is 5.32 Å². The molecule has 1 rings (SSSR count). The number of carbonyl (C=O) groups is 2. The molecule has 1 aliphatic heterocycles. The molecule has 1 heterocycles. The van der Waals surface area contributed by atoms with Gasteiger partial charge in [-0.15, -0.1) is 0 Å². The van der Waals surface area contributed by atoms with Crippen molar-refractivity contribution in [3.8, 4) is 0 Å². The van der Waals surface area contributed by atoms with E-state index in [1.807, 2.05) is 19.0 Å². The number of amides is 2. The summed E-state index contributed by atoms with van der Waals surface area (Å²) in [5.41, 5.74) is 0. The maximum atomic E-state index is 11.9. The fourth-order valence-electron chi connectivity index (χ4n) is 2.04. The van der Waals surface area contributed by atoms with Crippen LogP contribution in [0.5, 0.6) is 0 Å². The van der Waals surface area contributed by atoms with E-state index < -0.39 is 27.9 Å². The molecular weight excluding hydrogens is 270 g/mol. The Kier molecular flexibility index (Phi) is 5.30. The molecule has 2 amide bonds. The van der Waals surface area contributed by atoms with Crippen LogP contribution in [0.4, 0.5) is 0 Å². The highest BCUT2D eigenvalue weighted by Crippen LogP contribution is 2.21. The molecule has 0 radical (unpaired) electrons. The van der Waals surface area contributed by atoms with Crippen molar-refractivity contribution in [2.75, 3.05) is 33.4 Å². The fourth-order valence-corrected chi connectivity index (χ4v) is 3.16. The average molecular weight is 291 g/mol. The van der Waals surface area contributed by atoms with Crippen molar-refractivity contribution < 1.29 is 18.0 Å². The van der Waals surface area contributed by atoms with Crippen molar-refractivity contribution in [2.24, 2.45) is 0 Å². The van der Waals surface area contributed by atoms with E-state index in [1.54, 1.807) is 0 Å². The van der Waals surface area contributed by atoms with Crippen molar-refractivity contribution >= 4 is 21.8 Å². The van der Waals surface area contributed by atoms with Crippen molar-refractivity contribution in [1.29, 1.82) is 0 Å². The Morgan fingerprint density at radius 1 is 1.47 bits per heavy atom. The van der Waals surface area contributed by atoms with Crippen LogP contribution in [-0.2, 0) is 19.6 Å². The first-order chi connectivity index (χ1) is 8.73. The first kappa shape index (κ1) is 15.9. The minimum atomic E-state index is -3.68. The summed E-state index contributed by atoms with van der Waals surface area (Å²) in [4.78, 5) is 25.4. The fraction of sp³-hybridized carbons (Fsp3) is 0.818. The molecule has 0 aromatic carbocycles. The molecule has 0 bridgehead atoms. The third kappa shape index (κ3) is 4.46. The highest BCUT2D eigenvalue weighted by molar-refractivity contribution is 7.89. The Morgan fingerprint density at radius 3 is 2.63 bits per heavy atom. The van der Waals surface area contributed by atoms with Gasteiger partial charge in [-0.1, -0.05) is 0 Å². The van der Waals surface area contributed by atoms with Crippen molar-refractivity contribution in [1.82, 2.24) is 14.5 Å². The monoisotopic (exact) mass is 291 g/mol. The van der Waals surface area contributed by atoms with Gasteiger partial charge in [-0.2, -0.15) is 0 Å². The molecule has 0 aromatic rings. The molecule has 8 heteroatoms. The minimum absolute atomic E-state index is 0.100. The van der Waals surface area contributed by atoms with Gasteiger partial charge < -0.3 is 10.2 Å². The maximum Gasteiger partial charge on any atom is 0.244 e. The van der Waals surface area contributed by atoms with Gasteiger partial charge in [0.05, 0.1) is 6.26 Å². The largest absolute Gasteiger partial charge is 0.354 e. The van der Waals surface area contributed by atoms with E-state index in [0.29, 0.717) is 10.8 Å². The molecule has 1 aliphatic rings. The Morgan fingerprint density at radius 2 is 2.11 bits per heavy atom. The van der Waals surface area contributed by atoms with Crippen molar-refractivity contribution in [2.45, 2.75) is 25.3 Å². The summed E-state index contributed by atoms with van der Waals surface area (Å²) in [6, 6.07) is -0.887. The number of nitrogens with one attached hydrogen (secondary N) is 1. The first-order valence-electron chi connectivity index (χ1n) is 6.18. The van der Waals surface area contributed by atoms with Crippen LogP contribution in [0, 0.1) is 0 Å². The summed E-state index contributed by atoms with van der Waals surface area (Å²) in [5, 5.41) is 2.68. The molecular formula is C11H21N3O4S.